The van der Waals surface area contributed by atoms with E-state index in [0.717, 1.165) is 6.42 Å². The molecule has 3 aliphatic carbocycles. The Hall–Kier alpha value is -0.660. The van der Waals surface area contributed by atoms with Gasteiger partial charge < -0.3 is 4.79 Å². The van der Waals surface area contributed by atoms with E-state index in [-0.39, 0.29) is 11.7 Å². The summed E-state index contributed by atoms with van der Waals surface area (Å²) < 4.78 is 0. The van der Waals surface area contributed by atoms with Gasteiger partial charge in [-0.2, -0.15) is 0 Å². The Labute approximate surface area is 85.1 Å². The monoisotopic (exact) mass is 194 g/mol. The van der Waals surface area contributed by atoms with Crippen LogP contribution in [-0.2, 0) is 9.59 Å². The summed E-state index contributed by atoms with van der Waals surface area (Å²) in [5, 5.41) is 0. The molecule has 0 radical (unpaired) electrons. The van der Waals surface area contributed by atoms with Crippen molar-refractivity contribution in [2.45, 2.75) is 40.0 Å². The third kappa shape index (κ3) is 1.23. The zero-order valence-electron chi connectivity index (χ0n) is 9.17. The Balaban J connectivity index is 2.15. The molecular weight excluding hydrogens is 176 g/mol. The highest BCUT2D eigenvalue weighted by atomic mass is 16.1. The van der Waals surface area contributed by atoms with E-state index in [2.05, 4.69) is 13.8 Å². The van der Waals surface area contributed by atoms with Crippen LogP contribution in [0.1, 0.15) is 40.0 Å². The fourth-order valence-electron chi connectivity index (χ4n) is 3.27. The van der Waals surface area contributed by atoms with Gasteiger partial charge in [-0.25, -0.2) is 0 Å². The Morgan fingerprint density at radius 3 is 2.64 bits per heavy atom. The molecule has 0 spiro atoms. The minimum atomic E-state index is 0.0347. The third-order valence-corrected chi connectivity index (χ3v) is 4.40. The summed E-state index contributed by atoms with van der Waals surface area (Å²) in [6, 6.07) is 0. The summed E-state index contributed by atoms with van der Waals surface area (Å²) in [7, 11) is 0. The van der Waals surface area contributed by atoms with Gasteiger partial charge in [0.1, 0.15) is 11.6 Å². The molecule has 2 nitrogen and oxygen atoms in total. The molecule has 0 N–H and O–H groups in total. The molecule has 0 aromatic carbocycles. The fraction of sp³-hybridized carbons (Fsp3) is 0.833. The van der Waals surface area contributed by atoms with Crippen molar-refractivity contribution in [3.8, 4) is 0 Å². The number of hydrogen-bond acceptors (Lipinski definition) is 2. The first-order valence-corrected chi connectivity index (χ1v) is 5.45. The molecule has 2 bridgehead atoms. The second kappa shape index (κ2) is 2.91. The second-order valence-electron chi connectivity index (χ2n) is 5.54. The minimum Gasteiger partial charge on any atom is -0.300 e. The molecule has 78 valence electrons. The van der Waals surface area contributed by atoms with Crippen molar-refractivity contribution in [2.75, 3.05) is 0 Å². The van der Waals surface area contributed by atoms with Crippen molar-refractivity contribution in [1.82, 2.24) is 0 Å². The van der Waals surface area contributed by atoms with Crippen molar-refractivity contribution < 1.29 is 9.59 Å². The normalized spacial score (nSPS) is 39.1. The average molecular weight is 194 g/mol. The van der Waals surface area contributed by atoms with Gasteiger partial charge in [0.05, 0.1) is 0 Å². The smallest absolute Gasteiger partial charge is 0.137 e. The lowest BCUT2D eigenvalue weighted by Crippen LogP contribution is -2.56. The molecule has 0 heterocycles. The van der Waals surface area contributed by atoms with Crippen molar-refractivity contribution >= 4 is 11.6 Å². The van der Waals surface area contributed by atoms with Crippen LogP contribution >= 0.6 is 0 Å². The molecule has 0 aromatic rings. The van der Waals surface area contributed by atoms with Gasteiger partial charge in [-0.1, -0.05) is 13.8 Å². The number of rotatable bonds is 2. The van der Waals surface area contributed by atoms with E-state index < -0.39 is 0 Å². The van der Waals surface area contributed by atoms with Gasteiger partial charge in [-0.05, 0) is 30.6 Å². The van der Waals surface area contributed by atoms with Crippen LogP contribution in [0.25, 0.3) is 0 Å². The van der Waals surface area contributed by atoms with Gasteiger partial charge in [0.2, 0.25) is 0 Å². The maximum Gasteiger partial charge on any atom is 0.137 e. The Morgan fingerprint density at radius 2 is 2.14 bits per heavy atom. The molecule has 14 heavy (non-hydrogen) atoms. The molecule has 0 amide bonds. The Morgan fingerprint density at radius 1 is 1.50 bits per heavy atom. The molecule has 0 aromatic heterocycles. The topological polar surface area (TPSA) is 34.1 Å². The summed E-state index contributed by atoms with van der Waals surface area (Å²) in [5.41, 5.74) is 0.300. The molecule has 3 rings (SSSR count). The van der Waals surface area contributed by atoms with E-state index in [1.807, 2.05) is 0 Å². The molecule has 3 fully saturated rings. The standard InChI is InChI=1S/C12H18O2/c1-7(13)4-9-10-5-8(6-11(9)14)12(10,2)3/h8-10H,4-6H2,1-3H3. The fourth-order valence-corrected chi connectivity index (χ4v) is 3.27. The van der Waals surface area contributed by atoms with Gasteiger partial charge >= 0.3 is 0 Å². The number of fused-ring (bicyclic) bond motifs is 2. The largest absolute Gasteiger partial charge is 0.300 e. The van der Waals surface area contributed by atoms with Gasteiger partial charge in [-0.3, -0.25) is 4.79 Å². The van der Waals surface area contributed by atoms with Crippen molar-refractivity contribution in [3.63, 3.8) is 0 Å². The highest BCUT2D eigenvalue weighted by molar-refractivity contribution is 5.89. The van der Waals surface area contributed by atoms with E-state index in [1.165, 1.54) is 0 Å². The first kappa shape index (κ1) is 9.88. The second-order valence-corrected chi connectivity index (χ2v) is 5.54. The third-order valence-electron chi connectivity index (χ3n) is 4.40. The molecule has 2 heteroatoms. The summed E-state index contributed by atoms with van der Waals surface area (Å²) in [4.78, 5) is 22.8. The van der Waals surface area contributed by atoms with Gasteiger partial charge in [0, 0.05) is 18.8 Å². The van der Waals surface area contributed by atoms with E-state index >= 15 is 0 Å². The van der Waals surface area contributed by atoms with E-state index in [0.29, 0.717) is 35.9 Å². The quantitative estimate of drug-likeness (QED) is 0.675. The number of carbonyl (C=O) groups is 2. The van der Waals surface area contributed by atoms with Crippen LogP contribution in [0, 0.1) is 23.2 Å². The molecule has 3 saturated carbocycles. The SMILES string of the molecule is CC(=O)CC1C(=O)CC2CC1C2(C)C. The van der Waals surface area contributed by atoms with E-state index in [1.54, 1.807) is 6.92 Å². The zero-order chi connectivity index (χ0) is 10.5. The molecule has 0 saturated heterocycles. The van der Waals surface area contributed by atoms with Crippen LogP contribution in [0.3, 0.4) is 0 Å². The van der Waals surface area contributed by atoms with Crippen LogP contribution in [0.4, 0.5) is 0 Å². The molecule has 0 aliphatic heterocycles. The zero-order valence-corrected chi connectivity index (χ0v) is 9.17. The van der Waals surface area contributed by atoms with Crippen molar-refractivity contribution in [3.05, 3.63) is 0 Å². The maximum absolute atomic E-state index is 11.7. The molecule has 3 aliphatic rings. The summed E-state index contributed by atoms with van der Waals surface area (Å²) in [5.74, 6) is 1.58. The highest BCUT2D eigenvalue weighted by Crippen LogP contribution is 2.60. The van der Waals surface area contributed by atoms with E-state index in [4.69, 9.17) is 0 Å². The van der Waals surface area contributed by atoms with Crippen LogP contribution < -0.4 is 0 Å². The first-order valence-electron chi connectivity index (χ1n) is 5.45. The number of carbonyl (C=O) groups excluding carboxylic acids is 2. The lowest BCUT2D eigenvalue weighted by molar-refractivity contribution is -0.157. The highest BCUT2D eigenvalue weighted by Gasteiger charge is 2.57. The van der Waals surface area contributed by atoms with Crippen LogP contribution in [-0.4, -0.2) is 11.6 Å². The lowest BCUT2D eigenvalue weighted by atomic mass is 9.45. The molecule has 3 atom stereocenters. The number of ketones is 2. The number of hydrogen-bond donors (Lipinski definition) is 0. The summed E-state index contributed by atoms with van der Waals surface area (Å²) in [6.07, 6.45) is 2.35. The summed E-state index contributed by atoms with van der Waals surface area (Å²) >= 11 is 0. The van der Waals surface area contributed by atoms with Crippen molar-refractivity contribution in [2.24, 2.45) is 23.2 Å². The van der Waals surface area contributed by atoms with Gasteiger partial charge in [0.25, 0.3) is 0 Å². The molecule has 3 unspecified atom stereocenters. The van der Waals surface area contributed by atoms with E-state index in [9.17, 15) is 9.59 Å². The van der Waals surface area contributed by atoms with Crippen LogP contribution in [0.15, 0.2) is 0 Å². The lowest BCUT2D eigenvalue weighted by Gasteiger charge is -2.59. The Kier molecular flexibility index (Phi) is 2.06. The van der Waals surface area contributed by atoms with Gasteiger partial charge in [-0.15, -0.1) is 0 Å². The predicted octanol–water partition coefficient (Wildman–Crippen LogP) is 2.22. The minimum absolute atomic E-state index is 0.0347. The Bertz CT molecular complexity index is 291. The van der Waals surface area contributed by atoms with Gasteiger partial charge in [0.15, 0.2) is 0 Å². The van der Waals surface area contributed by atoms with Crippen molar-refractivity contribution in [1.29, 1.82) is 0 Å². The number of Topliss-reactive ketones (excluding diaryl/α,β-unsaturated/α-hetero) is 2. The summed E-state index contributed by atoms with van der Waals surface area (Å²) in [6.45, 7) is 6.07. The molecular formula is C12H18O2. The predicted molar refractivity (Wildman–Crippen MR) is 53.8 cm³/mol. The van der Waals surface area contributed by atoms with Crippen LogP contribution in [0.2, 0.25) is 0 Å². The first-order chi connectivity index (χ1) is 6.43. The maximum atomic E-state index is 11.7. The average Bonchev–Trinajstić information content (AvgIpc) is 2.06. The van der Waals surface area contributed by atoms with Crippen LogP contribution in [0.5, 0.6) is 0 Å².